The maximum absolute atomic E-state index is 5.31. The number of hydrogen-bond donors (Lipinski definition) is 2. The Bertz CT molecular complexity index is 457. The first-order chi connectivity index (χ1) is 8.29. The van der Waals surface area contributed by atoms with Crippen LogP contribution in [-0.4, -0.2) is 26.8 Å². The number of anilines is 1. The molecule has 0 saturated carbocycles. The smallest absolute Gasteiger partial charge is 0.226 e. The molecule has 0 saturated heterocycles. The third-order valence-corrected chi connectivity index (χ3v) is 2.29. The van der Waals surface area contributed by atoms with Gasteiger partial charge in [-0.1, -0.05) is 0 Å². The molecule has 0 aliphatic carbocycles. The van der Waals surface area contributed by atoms with Crippen LogP contribution < -0.4 is 10.1 Å². The van der Waals surface area contributed by atoms with Gasteiger partial charge in [0.15, 0.2) is 0 Å². The van der Waals surface area contributed by atoms with Crippen LogP contribution in [0.15, 0.2) is 24.7 Å². The average molecular weight is 233 g/mol. The zero-order valence-corrected chi connectivity index (χ0v) is 9.84. The summed E-state index contributed by atoms with van der Waals surface area (Å²) in [6.07, 6.45) is 5.27. The highest BCUT2D eigenvalue weighted by Crippen LogP contribution is 2.16. The molecule has 0 aliphatic heterocycles. The normalized spacial score (nSPS) is 12.1. The summed E-state index contributed by atoms with van der Waals surface area (Å²) in [5.74, 6) is 1.12. The van der Waals surface area contributed by atoms with E-state index in [9.17, 15) is 0 Å². The van der Waals surface area contributed by atoms with E-state index in [1.807, 2.05) is 20.0 Å². The lowest BCUT2D eigenvalue weighted by atomic mass is 10.2. The number of hydrogen-bond acceptors (Lipinski definition) is 5. The van der Waals surface area contributed by atoms with Crippen LogP contribution >= 0.6 is 0 Å². The molecule has 2 N–H and O–H groups in total. The van der Waals surface area contributed by atoms with Crippen LogP contribution in [0.4, 0.5) is 5.95 Å². The molecular weight excluding hydrogens is 218 g/mol. The minimum Gasteiger partial charge on any atom is -0.478 e. The number of nitrogens with one attached hydrogen (secondary N) is 2. The molecule has 1 atom stereocenters. The zero-order chi connectivity index (χ0) is 12.1. The van der Waals surface area contributed by atoms with E-state index < -0.39 is 0 Å². The van der Waals surface area contributed by atoms with E-state index in [0.29, 0.717) is 18.4 Å². The standard InChI is InChI=1S/C11H15N5O/c1-3-17-10-4-5-12-11(16-10)15-8(2)9-6-13-14-7-9/h4-8H,3H2,1-2H3,(H,13,14)(H,12,15,16). The third-order valence-electron chi connectivity index (χ3n) is 2.29. The van der Waals surface area contributed by atoms with Crippen LogP contribution in [0.1, 0.15) is 25.5 Å². The van der Waals surface area contributed by atoms with E-state index >= 15 is 0 Å². The number of aromatic nitrogens is 4. The van der Waals surface area contributed by atoms with E-state index in [2.05, 4.69) is 25.5 Å². The van der Waals surface area contributed by atoms with Crippen molar-refractivity contribution in [2.24, 2.45) is 0 Å². The molecule has 2 aromatic heterocycles. The van der Waals surface area contributed by atoms with Crippen LogP contribution in [-0.2, 0) is 0 Å². The fraction of sp³-hybridized carbons (Fsp3) is 0.364. The molecule has 0 aliphatic rings. The number of H-pyrrole nitrogens is 1. The van der Waals surface area contributed by atoms with Crippen molar-refractivity contribution in [3.05, 3.63) is 30.2 Å². The summed E-state index contributed by atoms with van der Waals surface area (Å²) in [6, 6.07) is 1.82. The van der Waals surface area contributed by atoms with E-state index in [-0.39, 0.29) is 6.04 Å². The maximum Gasteiger partial charge on any atom is 0.226 e. The lowest BCUT2D eigenvalue weighted by Crippen LogP contribution is -2.09. The van der Waals surface area contributed by atoms with Gasteiger partial charge in [-0.15, -0.1) is 0 Å². The van der Waals surface area contributed by atoms with Gasteiger partial charge in [0.1, 0.15) is 0 Å². The summed E-state index contributed by atoms with van der Waals surface area (Å²) < 4.78 is 5.31. The molecule has 0 spiro atoms. The van der Waals surface area contributed by atoms with Gasteiger partial charge in [-0.3, -0.25) is 5.10 Å². The van der Waals surface area contributed by atoms with Gasteiger partial charge >= 0.3 is 0 Å². The number of ether oxygens (including phenoxy) is 1. The lowest BCUT2D eigenvalue weighted by molar-refractivity contribution is 0.326. The largest absolute Gasteiger partial charge is 0.478 e. The Labute approximate surface area is 99.4 Å². The predicted molar refractivity (Wildman–Crippen MR) is 63.8 cm³/mol. The fourth-order valence-electron chi connectivity index (χ4n) is 1.41. The predicted octanol–water partition coefficient (Wildman–Crippen LogP) is 1.77. The SMILES string of the molecule is CCOc1ccnc(NC(C)c2cn[nH]c2)n1. The monoisotopic (exact) mass is 233 g/mol. The summed E-state index contributed by atoms with van der Waals surface area (Å²) in [7, 11) is 0. The zero-order valence-electron chi connectivity index (χ0n) is 9.84. The number of rotatable bonds is 5. The summed E-state index contributed by atoms with van der Waals surface area (Å²) in [6.45, 7) is 4.53. The van der Waals surface area contributed by atoms with Crippen LogP contribution in [0.5, 0.6) is 5.88 Å². The van der Waals surface area contributed by atoms with Gasteiger partial charge in [-0.2, -0.15) is 10.1 Å². The average Bonchev–Trinajstić information content (AvgIpc) is 2.83. The Kier molecular flexibility index (Phi) is 3.54. The number of aromatic amines is 1. The Balaban J connectivity index is 2.05. The molecule has 0 radical (unpaired) electrons. The summed E-state index contributed by atoms with van der Waals surface area (Å²) in [4.78, 5) is 8.38. The molecule has 1 unspecified atom stereocenters. The highest BCUT2D eigenvalue weighted by molar-refractivity contribution is 5.31. The van der Waals surface area contributed by atoms with Crippen molar-refractivity contribution < 1.29 is 4.74 Å². The van der Waals surface area contributed by atoms with Crippen molar-refractivity contribution in [1.29, 1.82) is 0 Å². The van der Waals surface area contributed by atoms with Gasteiger partial charge in [-0.25, -0.2) is 4.98 Å². The van der Waals surface area contributed by atoms with Crippen LogP contribution in [0, 0.1) is 0 Å². The molecule has 2 rings (SSSR count). The Morgan fingerprint density at radius 1 is 1.53 bits per heavy atom. The minimum absolute atomic E-state index is 0.0885. The molecule has 2 aromatic rings. The van der Waals surface area contributed by atoms with Crippen molar-refractivity contribution in [2.45, 2.75) is 19.9 Å². The van der Waals surface area contributed by atoms with E-state index in [1.54, 1.807) is 18.5 Å². The quantitative estimate of drug-likeness (QED) is 0.823. The molecular formula is C11H15N5O. The van der Waals surface area contributed by atoms with Crippen molar-refractivity contribution in [3.8, 4) is 5.88 Å². The van der Waals surface area contributed by atoms with Crippen LogP contribution in [0.2, 0.25) is 0 Å². The van der Waals surface area contributed by atoms with Gasteiger partial charge in [0.2, 0.25) is 11.8 Å². The second kappa shape index (κ2) is 5.29. The molecule has 6 nitrogen and oxygen atoms in total. The molecule has 0 aromatic carbocycles. The van der Waals surface area contributed by atoms with Gasteiger partial charge in [0.05, 0.1) is 18.8 Å². The van der Waals surface area contributed by atoms with E-state index in [1.165, 1.54) is 0 Å². The number of nitrogens with zero attached hydrogens (tertiary/aromatic N) is 3. The second-order valence-corrected chi connectivity index (χ2v) is 3.55. The molecule has 6 heteroatoms. The van der Waals surface area contributed by atoms with Gasteiger partial charge in [0.25, 0.3) is 0 Å². The molecule has 0 fully saturated rings. The van der Waals surface area contributed by atoms with Gasteiger partial charge in [0, 0.05) is 24.0 Å². The van der Waals surface area contributed by atoms with Gasteiger partial charge < -0.3 is 10.1 Å². The van der Waals surface area contributed by atoms with E-state index in [0.717, 1.165) is 5.56 Å². The maximum atomic E-state index is 5.31. The summed E-state index contributed by atoms with van der Waals surface area (Å²) in [5, 5.41) is 9.85. The fourth-order valence-corrected chi connectivity index (χ4v) is 1.41. The van der Waals surface area contributed by atoms with E-state index in [4.69, 9.17) is 4.74 Å². The molecule has 2 heterocycles. The van der Waals surface area contributed by atoms with Crippen LogP contribution in [0.25, 0.3) is 0 Å². The first kappa shape index (κ1) is 11.4. The Morgan fingerprint density at radius 2 is 2.41 bits per heavy atom. The summed E-state index contributed by atoms with van der Waals surface area (Å²) in [5.41, 5.74) is 1.05. The Morgan fingerprint density at radius 3 is 3.12 bits per heavy atom. The van der Waals surface area contributed by atoms with Crippen molar-refractivity contribution in [2.75, 3.05) is 11.9 Å². The minimum atomic E-state index is 0.0885. The molecule has 0 bridgehead atoms. The lowest BCUT2D eigenvalue weighted by Gasteiger charge is -2.12. The topological polar surface area (TPSA) is 75.7 Å². The third kappa shape index (κ3) is 2.93. The van der Waals surface area contributed by atoms with Crippen molar-refractivity contribution >= 4 is 5.95 Å². The highest BCUT2D eigenvalue weighted by atomic mass is 16.5. The van der Waals surface area contributed by atoms with Gasteiger partial charge in [-0.05, 0) is 13.8 Å². The molecule has 0 amide bonds. The first-order valence-electron chi connectivity index (χ1n) is 5.50. The molecule has 90 valence electrons. The second-order valence-electron chi connectivity index (χ2n) is 3.55. The van der Waals surface area contributed by atoms with Crippen molar-refractivity contribution in [3.63, 3.8) is 0 Å². The highest BCUT2D eigenvalue weighted by Gasteiger charge is 2.08. The first-order valence-corrected chi connectivity index (χ1v) is 5.50. The Hall–Kier alpha value is -2.11. The summed E-state index contributed by atoms with van der Waals surface area (Å²) >= 11 is 0. The van der Waals surface area contributed by atoms with Crippen LogP contribution in [0.3, 0.4) is 0 Å². The molecule has 17 heavy (non-hydrogen) atoms. The van der Waals surface area contributed by atoms with Crippen molar-refractivity contribution in [1.82, 2.24) is 20.2 Å².